The number of amides is 1. The third-order valence-electron chi connectivity index (χ3n) is 5.59. The van der Waals surface area contributed by atoms with Crippen molar-refractivity contribution in [1.29, 1.82) is 0 Å². The molecular formula is C23H23N5O4. The number of carboxylic acid groups (broad SMARTS) is 1. The van der Waals surface area contributed by atoms with Crippen LogP contribution < -0.4 is 21.2 Å². The lowest BCUT2D eigenvalue weighted by atomic mass is 9.88. The molecule has 32 heavy (non-hydrogen) atoms. The summed E-state index contributed by atoms with van der Waals surface area (Å²) in [7, 11) is 1.58. The first kappa shape index (κ1) is 21.1. The zero-order valence-electron chi connectivity index (χ0n) is 17.8. The number of hydrogen-bond acceptors (Lipinski definition) is 7. The number of nitrogens with two attached hydrogens (primary N) is 1. The molecule has 0 saturated heterocycles. The van der Waals surface area contributed by atoms with Crippen molar-refractivity contribution in [2.24, 2.45) is 10.8 Å². The molecule has 3 aromatic rings. The number of carbonyl (C=O) groups is 2. The van der Waals surface area contributed by atoms with Crippen LogP contribution in [-0.4, -0.2) is 40.8 Å². The normalized spacial score (nSPS) is 17.5. The molecule has 0 aliphatic carbocycles. The molecule has 0 saturated carbocycles. The van der Waals surface area contributed by atoms with Crippen molar-refractivity contribution >= 4 is 39.9 Å². The number of carbonyl (C=O) groups excluding carboxylic acids is 1. The third kappa shape index (κ3) is 3.68. The van der Waals surface area contributed by atoms with Gasteiger partial charge in [-0.2, -0.15) is 5.10 Å². The van der Waals surface area contributed by atoms with Crippen molar-refractivity contribution in [1.82, 2.24) is 10.4 Å². The molecule has 9 nitrogen and oxygen atoms in total. The van der Waals surface area contributed by atoms with Crippen LogP contribution in [0.3, 0.4) is 0 Å². The Balaban J connectivity index is 1.90. The standard InChI is InChI=1S/C23H23N5O4/c1-11-20(12(2)28-27-11)16-8-18-15(9-19(16)32-3)21(17(10-25-18)22(24)29)26-14-6-4-5-13(7-14)23(30)31/h4-11,20,27H,1-3H3,(H2,24,29)(H,25,26)(H,30,31). The molecule has 0 bridgehead atoms. The number of primary amides is 1. The van der Waals surface area contributed by atoms with Gasteiger partial charge in [-0.05, 0) is 44.2 Å². The van der Waals surface area contributed by atoms with Crippen LogP contribution in [0.25, 0.3) is 10.9 Å². The second-order valence-electron chi connectivity index (χ2n) is 7.68. The fourth-order valence-electron chi connectivity index (χ4n) is 4.05. The maximum Gasteiger partial charge on any atom is 0.335 e. The van der Waals surface area contributed by atoms with Gasteiger partial charge >= 0.3 is 5.97 Å². The molecule has 5 N–H and O–H groups in total. The predicted octanol–water partition coefficient (Wildman–Crippen LogP) is 3.24. The van der Waals surface area contributed by atoms with Gasteiger partial charge in [0.15, 0.2) is 0 Å². The largest absolute Gasteiger partial charge is 0.496 e. The lowest BCUT2D eigenvalue weighted by molar-refractivity contribution is 0.0696. The summed E-state index contributed by atoms with van der Waals surface area (Å²) in [5.74, 6) is -1.07. The highest BCUT2D eigenvalue weighted by Gasteiger charge is 2.30. The highest BCUT2D eigenvalue weighted by molar-refractivity contribution is 6.08. The van der Waals surface area contributed by atoms with Gasteiger partial charge in [0.1, 0.15) is 5.75 Å². The van der Waals surface area contributed by atoms with Crippen LogP contribution >= 0.6 is 0 Å². The summed E-state index contributed by atoms with van der Waals surface area (Å²) in [6, 6.07) is 10.1. The fraction of sp³-hybridized carbons (Fsp3) is 0.217. The quantitative estimate of drug-likeness (QED) is 0.468. The van der Waals surface area contributed by atoms with Gasteiger partial charge < -0.3 is 26.3 Å². The molecule has 9 heteroatoms. The Bertz CT molecular complexity index is 1270. The van der Waals surface area contributed by atoms with E-state index in [9.17, 15) is 14.7 Å². The monoisotopic (exact) mass is 433 g/mol. The van der Waals surface area contributed by atoms with Crippen LogP contribution in [0.2, 0.25) is 0 Å². The SMILES string of the molecule is COc1cc2c(Nc3cccc(C(=O)O)c3)c(C(N)=O)cnc2cc1C1C(C)=NNC1C. The Morgan fingerprint density at radius 2 is 2.03 bits per heavy atom. The van der Waals surface area contributed by atoms with Crippen LogP contribution in [0.15, 0.2) is 47.7 Å². The Kier molecular flexibility index (Phi) is 5.40. The number of nitrogens with zero attached hydrogens (tertiary/aromatic N) is 2. The van der Waals surface area contributed by atoms with Crippen molar-refractivity contribution in [3.63, 3.8) is 0 Å². The zero-order chi connectivity index (χ0) is 23.0. The number of aromatic carboxylic acids is 1. The minimum absolute atomic E-state index is 0.00984. The van der Waals surface area contributed by atoms with Gasteiger partial charge in [0.25, 0.3) is 5.91 Å². The summed E-state index contributed by atoms with van der Waals surface area (Å²) in [6.45, 7) is 4.00. The molecule has 1 aromatic heterocycles. The van der Waals surface area contributed by atoms with Crippen molar-refractivity contribution < 1.29 is 19.4 Å². The number of hydrazone groups is 1. The molecule has 2 unspecified atom stereocenters. The number of aromatic nitrogens is 1. The van der Waals surface area contributed by atoms with Crippen molar-refractivity contribution in [2.45, 2.75) is 25.8 Å². The first-order valence-corrected chi connectivity index (χ1v) is 10.0. The van der Waals surface area contributed by atoms with Crippen molar-refractivity contribution in [3.05, 3.63) is 59.3 Å². The van der Waals surface area contributed by atoms with E-state index in [0.29, 0.717) is 28.0 Å². The molecule has 0 fully saturated rings. The average Bonchev–Trinajstić information content (AvgIpc) is 3.10. The number of fused-ring (bicyclic) bond motifs is 1. The van der Waals surface area contributed by atoms with Gasteiger partial charge in [-0.1, -0.05) is 6.07 Å². The van der Waals surface area contributed by atoms with Gasteiger partial charge in [-0.25, -0.2) is 4.79 Å². The van der Waals surface area contributed by atoms with Gasteiger partial charge in [0, 0.05) is 34.5 Å². The van der Waals surface area contributed by atoms with E-state index >= 15 is 0 Å². The van der Waals surface area contributed by atoms with E-state index in [-0.39, 0.29) is 23.1 Å². The van der Waals surface area contributed by atoms with Gasteiger partial charge in [0.2, 0.25) is 0 Å². The van der Waals surface area contributed by atoms with Crippen LogP contribution in [0.4, 0.5) is 11.4 Å². The molecule has 1 aliphatic heterocycles. The first-order chi connectivity index (χ1) is 15.3. The maximum atomic E-state index is 12.1. The summed E-state index contributed by atoms with van der Waals surface area (Å²) >= 11 is 0. The number of nitrogens with one attached hydrogen (secondary N) is 2. The minimum atomic E-state index is -1.05. The summed E-state index contributed by atoms with van der Waals surface area (Å²) in [5, 5.41) is 17.4. The number of pyridine rings is 1. The van der Waals surface area contributed by atoms with E-state index in [1.165, 1.54) is 18.3 Å². The summed E-state index contributed by atoms with van der Waals surface area (Å²) < 4.78 is 5.69. The van der Waals surface area contributed by atoms with E-state index < -0.39 is 11.9 Å². The molecular weight excluding hydrogens is 410 g/mol. The molecule has 2 atom stereocenters. The highest BCUT2D eigenvalue weighted by Crippen LogP contribution is 2.39. The minimum Gasteiger partial charge on any atom is -0.496 e. The number of hydrogen-bond donors (Lipinski definition) is 4. The smallest absolute Gasteiger partial charge is 0.335 e. The van der Waals surface area contributed by atoms with Crippen LogP contribution in [0.5, 0.6) is 5.75 Å². The van der Waals surface area contributed by atoms with Crippen LogP contribution in [0.1, 0.15) is 46.0 Å². The number of anilines is 2. The van der Waals surface area contributed by atoms with Gasteiger partial charge in [-0.15, -0.1) is 0 Å². The van der Waals surface area contributed by atoms with Crippen molar-refractivity contribution in [2.75, 3.05) is 12.4 Å². The predicted molar refractivity (Wildman–Crippen MR) is 122 cm³/mol. The van der Waals surface area contributed by atoms with E-state index in [1.54, 1.807) is 19.2 Å². The molecule has 164 valence electrons. The summed E-state index contributed by atoms with van der Waals surface area (Å²) in [5.41, 5.74) is 12.4. The highest BCUT2D eigenvalue weighted by atomic mass is 16.5. The number of rotatable bonds is 6. The Hall–Kier alpha value is -4.14. The average molecular weight is 433 g/mol. The van der Waals surface area contributed by atoms with E-state index in [2.05, 4.69) is 20.8 Å². The number of ether oxygens (including phenoxy) is 1. The number of carboxylic acids is 1. The summed E-state index contributed by atoms with van der Waals surface area (Å²) in [6.07, 6.45) is 1.42. The lowest BCUT2D eigenvalue weighted by Crippen LogP contribution is -2.24. The molecule has 0 spiro atoms. The second kappa shape index (κ2) is 8.18. The van der Waals surface area contributed by atoms with Crippen LogP contribution in [0, 0.1) is 0 Å². The molecule has 2 heterocycles. The maximum absolute atomic E-state index is 12.1. The first-order valence-electron chi connectivity index (χ1n) is 10.0. The lowest BCUT2D eigenvalue weighted by Gasteiger charge is -2.21. The molecule has 0 radical (unpaired) electrons. The van der Waals surface area contributed by atoms with Gasteiger partial charge in [-0.3, -0.25) is 9.78 Å². The molecule has 2 aromatic carbocycles. The Labute approximate surface area is 184 Å². The number of benzene rings is 2. The molecule has 4 rings (SSSR count). The van der Waals surface area contributed by atoms with E-state index in [0.717, 1.165) is 11.3 Å². The number of methoxy groups -OCH3 is 1. The fourth-order valence-corrected chi connectivity index (χ4v) is 4.05. The van der Waals surface area contributed by atoms with Gasteiger partial charge in [0.05, 0.1) is 35.5 Å². The Morgan fingerprint density at radius 3 is 2.66 bits per heavy atom. The van der Waals surface area contributed by atoms with E-state index in [1.807, 2.05) is 26.0 Å². The van der Waals surface area contributed by atoms with Crippen LogP contribution in [-0.2, 0) is 0 Å². The zero-order valence-corrected chi connectivity index (χ0v) is 17.8. The Morgan fingerprint density at radius 1 is 1.25 bits per heavy atom. The topological polar surface area (TPSA) is 139 Å². The molecule has 1 amide bonds. The third-order valence-corrected chi connectivity index (χ3v) is 5.59. The second-order valence-corrected chi connectivity index (χ2v) is 7.68. The molecule has 1 aliphatic rings. The summed E-state index contributed by atoms with van der Waals surface area (Å²) in [4.78, 5) is 27.9. The van der Waals surface area contributed by atoms with Crippen molar-refractivity contribution in [3.8, 4) is 5.75 Å². The van der Waals surface area contributed by atoms with E-state index in [4.69, 9.17) is 10.5 Å².